The van der Waals surface area contributed by atoms with Gasteiger partial charge < -0.3 is 19.7 Å². The number of guanidine groups is 1. The summed E-state index contributed by atoms with van der Waals surface area (Å²) < 4.78 is 37.0. The second-order valence-electron chi connectivity index (χ2n) is 5.81. The van der Waals surface area contributed by atoms with Gasteiger partial charge in [0.05, 0.1) is 18.8 Å². The SMILES string of the molecule is CN=C(NCCOc1ccc(F)cc1F)N(C)Cc1csc(C(C)OC)n1. The highest BCUT2D eigenvalue weighted by Gasteiger charge is 2.12. The van der Waals surface area contributed by atoms with Crippen molar-refractivity contribution in [2.75, 3.05) is 34.4 Å². The molecule has 0 bridgehead atoms. The molecule has 6 nitrogen and oxygen atoms in total. The van der Waals surface area contributed by atoms with E-state index in [2.05, 4.69) is 15.3 Å². The molecule has 27 heavy (non-hydrogen) atoms. The normalized spacial score (nSPS) is 12.7. The molecule has 0 fully saturated rings. The van der Waals surface area contributed by atoms with Gasteiger partial charge in [0, 0.05) is 32.7 Å². The zero-order valence-corrected chi connectivity index (χ0v) is 16.6. The number of aliphatic imine (C=N–C) groups is 1. The molecule has 1 aromatic heterocycles. The molecular weight excluding hydrogens is 374 g/mol. The van der Waals surface area contributed by atoms with Crippen LogP contribution in [0.4, 0.5) is 8.78 Å². The van der Waals surface area contributed by atoms with E-state index in [0.29, 0.717) is 19.0 Å². The third-order valence-corrected chi connectivity index (χ3v) is 4.83. The minimum Gasteiger partial charge on any atom is -0.489 e. The van der Waals surface area contributed by atoms with Crippen molar-refractivity contribution >= 4 is 17.3 Å². The summed E-state index contributed by atoms with van der Waals surface area (Å²) in [5, 5.41) is 6.06. The number of hydrogen-bond donors (Lipinski definition) is 1. The van der Waals surface area contributed by atoms with Gasteiger partial charge in [0.15, 0.2) is 17.5 Å². The van der Waals surface area contributed by atoms with Gasteiger partial charge in [-0.05, 0) is 19.1 Å². The van der Waals surface area contributed by atoms with Crippen LogP contribution in [0.3, 0.4) is 0 Å². The molecule has 1 N–H and O–H groups in total. The Morgan fingerprint density at radius 3 is 2.85 bits per heavy atom. The van der Waals surface area contributed by atoms with E-state index in [-0.39, 0.29) is 18.5 Å². The Morgan fingerprint density at radius 2 is 2.19 bits per heavy atom. The number of rotatable bonds is 8. The molecule has 148 valence electrons. The van der Waals surface area contributed by atoms with Crippen LogP contribution in [0.1, 0.15) is 23.7 Å². The van der Waals surface area contributed by atoms with Crippen LogP contribution in [0.2, 0.25) is 0 Å². The Kier molecular flexibility index (Phi) is 7.93. The fourth-order valence-electron chi connectivity index (χ4n) is 2.30. The van der Waals surface area contributed by atoms with Gasteiger partial charge in [-0.25, -0.2) is 13.8 Å². The van der Waals surface area contributed by atoms with Crippen LogP contribution in [0.25, 0.3) is 0 Å². The van der Waals surface area contributed by atoms with Gasteiger partial charge in [-0.15, -0.1) is 11.3 Å². The van der Waals surface area contributed by atoms with E-state index in [1.54, 1.807) is 25.5 Å². The Morgan fingerprint density at radius 1 is 1.41 bits per heavy atom. The maximum absolute atomic E-state index is 13.5. The molecule has 0 aliphatic heterocycles. The van der Waals surface area contributed by atoms with Crippen molar-refractivity contribution in [2.45, 2.75) is 19.6 Å². The number of hydrogen-bond acceptors (Lipinski definition) is 5. The van der Waals surface area contributed by atoms with E-state index in [9.17, 15) is 8.78 Å². The zero-order valence-electron chi connectivity index (χ0n) is 15.8. The fourth-order valence-corrected chi connectivity index (χ4v) is 3.14. The molecule has 1 heterocycles. The molecule has 2 rings (SSSR count). The molecule has 1 unspecified atom stereocenters. The van der Waals surface area contributed by atoms with Gasteiger partial charge in [0.1, 0.15) is 23.5 Å². The third kappa shape index (κ3) is 6.14. The van der Waals surface area contributed by atoms with E-state index in [0.717, 1.165) is 22.8 Å². The summed E-state index contributed by atoms with van der Waals surface area (Å²) in [6.45, 7) is 3.16. The highest BCUT2D eigenvalue weighted by Crippen LogP contribution is 2.21. The highest BCUT2D eigenvalue weighted by atomic mass is 32.1. The van der Waals surface area contributed by atoms with Gasteiger partial charge in [0.2, 0.25) is 0 Å². The largest absolute Gasteiger partial charge is 0.489 e. The summed E-state index contributed by atoms with van der Waals surface area (Å²) in [5.41, 5.74) is 0.925. The van der Waals surface area contributed by atoms with Crippen LogP contribution in [0.5, 0.6) is 5.75 Å². The van der Waals surface area contributed by atoms with Gasteiger partial charge in [0.25, 0.3) is 0 Å². The van der Waals surface area contributed by atoms with Crippen molar-refractivity contribution < 1.29 is 18.3 Å². The van der Waals surface area contributed by atoms with E-state index < -0.39 is 11.6 Å². The lowest BCUT2D eigenvalue weighted by Gasteiger charge is -2.21. The van der Waals surface area contributed by atoms with E-state index in [1.165, 1.54) is 6.07 Å². The Balaban J connectivity index is 1.81. The summed E-state index contributed by atoms with van der Waals surface area (Å²) >= 11 is 1.56. The molecule has 2 aromatic rings. The summed E-state index contributed by atoms with van der Waals surface area (Å²) in [7, 11) is 5.23. The number of thiazole rings is 1. The first-order valence-corrected chi connectivity index (χ1v) is 9.29. The number of nitrogens with one attached hydrogen (secondary N) is 1. The monoisotopic (exact) mass is 398 g/mol. The van der Waals surface area contributed by atoms with Crippen molar-refractivity contribution in [1.29, 1.82) is 0 Å². The Hall–Kier alpha value is -2.26. The van der Waals surface area contributed by atoms with Crippen LogP contribution >= 0.6 is 11.3 Å². The van der Waals surface area contributed by atoms with E-state index >= 15 is 0 Å². The van der Waals surface area contributed by atoms with Crippen molar-refractivity contribution in [3.8, 4) is 5.75 Å². The first-order valence-electron chi connectivity index (χ1n) is 8.41. The Bertz CT molecular complexity index is 770. The van der Waals surface area contributed by atoms with Crippen molar-refractivity contribution in [1.82, 2.24) is 15.2 Å². The second-order valence-corrected chi connectivity index (χ2v) is 6.70. The summed E-state index contributed by atoms with van der Waals surface area (Å²) in [6, 6.07) is 3.22. The van der Waals surface area contributed by atoms with Gasteiger partial charge in [-0.2, -0.15) is 0 Å². The van der Waals surface area contributed by atoms with Crippen LogP contribution in [0.15, 0.2) is 28.6 Å². The predicted molar refractivity (Wildman–Crippen MR) is 102 cm³/mol. The number of nitrogens with zero attached hydrogens (tertiary/aromatic N) is 3. The van der Waals surface area contributed by atoms with Crippen LogP contribution in [0, 0.1) is 11.6 Å². The molecule has 0 amide bonds. The average molecular weight is 398 g/mol. The first kappa shape index (κ1) is 21.0. The van der Waals surface area contributed by atoms with Crippen LogP contribution in [-0.4, -0.2) is 50.2 Å². The van der Waals surface area contributed by atoms with Crippen molar-refractivity contribution in [2.24, 2.45) is 4.99 Å². The lowest BCUT2D eigenvalue weighted by atomic mass is 10.3. The topological polar surface area (TPSA) is 59.0 Å². The van der Waals surface area contributed by atoms with E-state index in [4.69, 9.17) is 9.47 Å². The lowest BCUT2D eigenvalue weighted by molar-refractivity contribution is 0.119. The van der Waals surface area contributed by atoms with Crippen molar-refractivity contribution in [3.63, 3.8) is 0 Å². The third-order valence-electron chi connectivity index (χ3n) is 3.78. The van der Waals surface area contributed by atoms with Crippen LogP contribution in [-0.2, 0) is 11.3 Å². The molecule has 0 spiro atoms. The molecule has 0 saturated carbocycles. The number of halogens is 2. The molecule has 0 aliphatic rings. The summed E-state index contributed by atoms with van der Waals surface area (Å²) in [6.07, 6.45) is -0.0319. The standard InChI is InChI=1S/C18H24F2N4O2S/c1-12(25-4)17-23-14(11-27-17)10-24(3)18(21-2)22-7-8-26-16-6-5-13(19)9-15(16)20/h5-6,9,11-12H,7-8,10H2,1-4H3,(H,21,22). The van der Waals surface area contributed by atoms with Gasteiger partial charge >= 0.3 is 0 Å². The molecule has 0 saturated heterocycles. The quantitative estimate of drug-likeness (QED) is 0.420. The highest BCUT2D eigenvalue weighted by molar-refractivity contribution is 7.09. The lowest BCUT2D eigenvalue weighted by Crippen LogP contribution is -2.40. The zero-order chi connectivity index (χ0) is 19.8. The van der Waals surface area contributed by atoms with Gasteiger partial charge in [-0.3, -0.25) is 4.99 Å². The second kappa shape index (κ2) is 10.2. The average Bonchev–Trinajstić information content (AvgIpc) is 3.11. The molecular formula is C18H24F2N4O2S. The number of methoxy groups -OCH3 is 1. The smallest absolute Gasteiger partial charge is 0.193 e. The molecule has 1 atom stereocenters. The summed E-state index contributed by atoms with van der Waals surface area (Å²) in [4.78, 5) is 10.7. The number of benzene rings is 1. The Labute approximate surface area is 161 Å². The maximum Gasteiger partial charge on any atom is 0.193 e. The van der Waals surface area contributed by atoms with Crippen LogP contribution < -0.4 is 10.1 Å². The van der Waals surface area contributed by atoms with Gasteiger partial charge in [-0.1, -0.05) is 0 Å². The number of ether oxygens (including phenoxy) is 2. The summed E-state index contributed by atoms with van der Waals surface area (Å²) in [5.74, 6) is -0.678. The first-order chi connectivity index (χ1) is 12.9. The molecule has 0 aliphatic carbocycles. The molecule has 1 aromatic carbocycles. The predicted octanol–water partition coefficient (Wildman–Crippen LogP) is 3.21. The molecule has 9 heteroatoms. The molecule has 0 radical (unpaired) electrons. The van der Waals surface area contributed by atoms with Crippen molar-refractivity contribution in [3.05, 3.63) is 45.9 Å². The fraction of sp³-hybridized carbons (Fsp3) is 0.444. The minimum absolute atomic E-state index is 0.0174. The minimum atomic E-state index is -0.721. The maximum atomic E-state index is 13.5. The number of aromatic nitrogens is 1. The van der Waals surface area contributed by atoms with E-state index in [1.807, 2.05) is 24.3 Å².